The van der Waals surface area contributed by atoms with Gasteiger partial charge >= 0.3 is 83.4 Å². The van der Waals surface area contributed by atoms with Gasteiger partial charge < -0.3 is 0 Å². The third-order valence-corrected chi connectivity index (χ3v) is 0. The van der Waals surface area contributed by atoms with E-state index < -0.39 is 0 Å². The van der Waals surface area contributed by atoms with Gasteiger partial charge in [0.25, 0.3) is 0 Å². The van der Waals surface area contributed by atoms with Crippen LogP contribution in [-0.2, 0) is 26.2 Å². The summed E-state index contributed by atoms with van der Waals surface area (Å²) in [6.45, 7) is 0. The molecule has 0 aliphatic carbocycles. The molecule has 0 amide bonds. The van der Waals surface area contributed by atoms with Gasteiger partial charge in [0, 0.05) is 66.1 Å². The molecule has 0 aliphatic heterocycles. The van der Waals surface area contributed by atoms with E-state index in [9.17, 15) is 0 Å². The fraction of sp³-hybridized carbons (Fsp3) is 0. The van der Waals surface area contributed by atoms with E-state index >= 15 is 0 Å². The molecule has 0 nitrogen and oxygen atoms in total. The molecule has 0 spiro atoms. The molecule has 0 aliphatic rings. The van der Waals surface area contributed by atoms with Gasteiger partial charge in [-0.3, -0.25) is 0 Å². The van der Waals surface area contributed by atoms with Crippen molar-refractivity contribution in [1.82, 2.24) is 0 Å². The minimum absolute atomic E-state index is 0. The Morgan fingerprint density at radius 1 is 1.00 bits per heavy atom. The molecule has 28 valence electrons. The molecule has 0 fully saturated rings. The smallest absolute Gasteiger partial charge is 0 e. The average molecular weight is 481 g/mol. The van der Waals surface area contributed by atoms with Gasteiger partial charge in [0.05, 0.1) is 0 Å². The van der Waals surface area contributed by atoms with Gasteiger partial charge in [-0.05, 0) is 0 Å². The molecule has 0 saturated heterocycles. The number of hydrogen-bond acceptors (Lipinski definition) is 0. The van der Waals surface area contributed by atoms with Crippen LogP contribution in [0, 0.1) is 39.9 Å². The van der Waals surface area contributed by atoms with Crippen molar-refractivity contribution in [3.63, 3.8) is 0 Å². The van der Waals surface area contributed by atoms with Crippen molar-refractivity contribution in [1.29, 1.82) is 0 Å². The maximum atomic E-state index is 0. The van der Waals surface area contributed by atoms with Gasteiger partial charge in [-0.1, -0.05) is 0 Å². The van der Waals surface area contributed by atoms with Gasteiger partial charge in [-0.25, -0.2) is 0 Å². The van der Waals surface area contributed by atoms with Crippen LogP contribution >= 0.6 is 0 Å². The summed E-state index contributed by atoms with van der Waals surface area (Å²) in [5.74, 6) is 0. The quantitative estimate of drug-likeness (QED) is 0.319. The summed E-state index contributed by atoms with van der Waals surface area (Å²) in [5, 5.41) is 0. The fourth-order valence-electron chi connectivity index (χ4n) is 0. The fourth-order valence-corrected chi connectivity index (χ4v) is 0. The Morgan fingerprint density at radius 3 is 1.00 bits per heavy atom. The SMILES string of the molecule is [CaH2].[GaH3].[Gd].[InH3].[Zr]. The van der Waals surface area contributed by atoms with Crippen molar-refractivity contribution in [3.05, 3.63) is 0 Å². The molecule has 0 rings (SSSR count). The van der Waals surface area contributed by atoms with Crippen LogP contribution in [0.15, 0.2) is 0 Å². The summed E-state index contributed by atoms with van der Waals surface area (Å²) < 4.78 is 0. The Hall–Kier alpha value is 4.97. The van der Waals surface area contributed by atoms with Crippen LogP contribution in [-0.4, -0.2) is 83.4 Å². The van der Waals surface area contributed by atoms with Crippen LogP contribution in [0.25, 0.3) is 0 Å². The van der Waals surface area contributed by atoms with Crippen molar-refractivity contribution in [2.24, 2.45) is 0 Å². The van der Waals surface area contributed by atoms with Crippen molar-refractivity contribution in [2.45, 2.75) is 0 Å². The zero-order valence-corrected chi connectivity index (χ0v) is 5.58. The maximum absolute atomic E-state index is 0. The van der Waals surface area contributed by atoms with Crippen molar-refractivity contribution in [2.75, 3.05) is 0 Å². The molecule has 5 heavy (non-hydrogen) atoms. The van der Waals surface area contributed by atoms with Crippen LogP contribution in [0.5, 0.6) is 0 Å². The van der Waals surface area contributed by atoms with E-state index in [4.69, 9.17) is 0 Å². The minimum Gasteiger partial charge on any atom is 0 e. The van der Waals surface area contributed by atoms with E-state index in [1.165, 1.54) is 0 Å². The zero-order chi connectivity index (χ0) is 0. The van der Waals surface area contributed by atoms with Crippen LogP contribution in [0.4, 0.5) is 0 Å². The second-order valence-corrected chi connectivity index (χ2v) is 0. The normalized spacial score (nSPS) is 0. The summed E-state index contributed by atoms with van der Waals surface area (Å²) in [4.78, 5) is 0. The van der Waals surface area contributed by atoms with E-state index in [0.717, 1.165) is 0 Å². The van der Waals surface area contributed by atoms with Crippen molar-refractivity contribution >= 4 is 83.4 Å². The van der Waals surface area contributed by atoms with E-state index in [2.05, 4.69) is 0 Å². The zero-order valence-electron chi connectivity index (χ0n) is 0.854. The Balaban J connectivity index is 0. The largest absolute Gasteiger partial charge is 0 e. The molecular weight excluding hydrogens is 473 g/mol. The van der Waals surface area contributed by atoms with Crippen molar-refractivity contribution < 1.29 is 66.1 Å². The van der Waals surface area contributed by atoms with Gasteiger partial charge in [-0.2, -0.15) is 0 Å². The Labute approximate surface area is 145 Å². The molecule has 5 heteroatoms. The summed E-state index contributed by atoms with van der Waals surface area (Å²) in [7, 11) is 0. The third kappa shape index (κ3) is 17.6. The molecule has 0 bridgehead atoms. The molecule has 0 heterocycles. The second kappa shape index (κ2) is 23.1. The summed E-state index contributed by atoms with van der Waals surface area (Å²) in [5.41, 5.74) is 0. The van der Waals surface area contributed by atoms with Gasteiger partial charge in [0.1, 0.15) is 0 Å². The Kier molecular flexibility index (Phi) is 150. The van der Waals surface area contributed by atoms with E-state index in [1.807, 2.05) is 0 Å². The summed E-state index contributed by atoms with van der Waals surface area (Å²) >= 11 is 0. The first-order valence-corrected chi connectivity index (χ1v) is 0. The van der Waals surface area contributed by atoms with Crippen molar-refractivity contribution in [3.8, 4) is 0 Å². The standard InChI is InChI=1S/Ca.Ga.Gd.In.Zr.8H. The van der Waals surface area contributed by atoms with Gasteiger partial charge in [0.2, 0.25) is 0 Å². The van der Waals surface area contributed by atoms with Crippen LogP contribution in [0.1, 0.15) is 0 Å². The molecule has 0 unspecified atom stereocenters. The first-order chi connectivity index (χ1) is 0. The summed E-state index contributed by atoms with van der Waals surface area (Å²) in [6, 6.07) is 0. The number of hydrogen-bond donors (Lipinski definition) is 0. The monoisotopic (exact) mass is 480 g/mol. The summed E-state index contributed by atoms with van der Waals surface area (Å²) in [6.07, 6.45) is 0. The predicted molar refractivity (Wildman–Crippen MR) is 28.4 cm³/mol. The molecule has 0 N–H and O–H groups in total. The Morgan fingerprint density at radius 2 is 1.00 bits per heavy atom. The maximum Gasteiger partial charge on any atom is 0 e. The van der Waals surface area contributed by atoms with E-state index in [0.29, 0.717) is 0 Å². The molecule has 0 atom stereocenters. The van der Waals surface area contributed by atoms with Gasteiger partial charge in [0.15, 0.2) is 0 Å². The molecule has 0 aromatic heterocycles. The molecule has 0 aromatic rings. The molecule has 0 aromatic carbocycles. The van der Waals surface area contributed by atoms with Crippen LogP contribution < -0.4 is 0 Å². The van der Waals surface area contributed by atoms with Crippen LogP contribution in [0.2, 0.25) is 0 Å². The Bertz CT molecular complexity index is 11.6. The first kappa shape index (κ1) is 32.5. The van der Waals surface area contributed by atoms with E-state index in [-0.39, 0.29) is 150 Å². The average Bonchev–Trinajstić information content (AvgIpc) is 0. The minimum atomic E-state index is 0. The first-order valence-electron chi connectivity index (χ1n) is 0. The predicted octanol–water partition coefficient (Wildman–Crippen LogP) is -3.29. The van der Waals surface area contributed by atoms with Gasteiger partial charge in [-0.15, -0.1) is 0 Å². The molecular formula is H8CaGaGdInZr. The van der Waals surface area contributed by atoms with E-state index in [1.54, 1.807) is 0 Å². The molecule has 0 saturated carbocycles. The molecule has 0 radical (unpaired) electrons. The third-order valence-electron chi connectivity index (χ3n) is 0. The second-order valence-electron chi connectivity index (χ2n) is 0. The number of rotatable bonds is 0. The topological polar surface area (TPSA) is 0 Å². The van der Waals surface area contributed by atoms with Crippen LogP contribution in [0.3, 0.4) is 0 Å².